The predicted molar refractivity (Wildman–Crippen MR) is 128 cm³/mol. The van der Waals surface area contributed by atoms with E-state index in [9.17, 15) is 4.79 Å². The number of benzene rings is 2. The van der Waals surface area contributed by atoms with E-state index in [1.165, 1.54) is 6.92 Å². The van der Waals surface area contributed by atoms with Crippen molar-refractivity contribution in [2.24, 2.45) is 0 Å². The average Bonchev–Trinajstić information content (AvgIpc) is 3.22. The lowest BCUT2D eigenvalue weighted by molar-refractivity contribution is -0.153. The molecule has 1 heterocycles. The lowest BCUT2D eigenvalue weighted by Crippen LogP contribution is -2.48. The molecule has 1 aliphatic carbocycles. The highest BCUT2D eigenvalue weighted by Gasteiger charge is 2.38. The van der Waals surface area contributed by atoms with Crippen LogP contribution in [-0.4, -0.2) is 47.4 Å². The molecule has 1 saturated carbocycles. The molecule has 0 spiro atoms. The zero-order chi connectivity index (χ0) is 23.4. The third-order valence-electron chi connectivity index (χ3n) is 5.83. The molecule has 33 heavy (non-hydrogen) atoms. The molecule has 1 aromatic heterocycles. The second-order valence-electron chi connectivity index (χ2n) is 8.89. The van der Waals surface area contributed by atoms with Crippen molar-refractivity contribution < 1.29 is 18.7 Å². The summed E-state index contributed by atoms with van der Waals surface area (Å²) < 4.78 is 20.4. The lowest BCUT2D eigenvalue weighted by Gasteiger charge is -2.37. The first-order valence-corrected chi connectivity index (χ1v) is 14.0. The topological polar surface area (TPSA) is 75.5 Å². The number of nitrogens with zero attached hydrogens (tertiary/aromatic N) is 3. The van der Waals surface area contributed by atoms with Gasteiger partial charge in [0, 0.05) is 25.3 Å². The van der Waals surface area contributed by atoms with E-state index in [1.54, 1.807) is 0 Å². The Morgan fingerprint density at radius 2 is 1.79 bits per heavy atom. The summed E-state index contributed by atoms with van der Waals surface area (Å²) in [4.78, 5) is 11.6. The van der Waals surface area contributed by atoms with E-state index in [4.69, 9.17) is 20.3 Å². The number of terminal acetylenes is 1. The van der Waals surface area contributed by atoms with Crippen molar-refractivity contribution in [2.45, 2.75) is 64.2 Å². The number of fused-ring (bicyclic) bond motifs is 1. The van der Waals surface area contributed by atoms with Crippen molar-refractivity contribution in [3.8, 4) is 12.3 Å². The summed E-state index contributed by atoms with van der Waals surface area (Å²) in [7, 11) is -2.45. The van der Waals surface area contributed by atoms with Crippen LogP contribution in [-0.2, 0) is 25.3 Å². The quantitative estimate of drug-likeness (QED) is 0.299. The monoisotopic (exact) mass is 463 g/mol. The van der Waals surface area contributed by atoms with E-state index >= 15 is 0 Å². The van der Waals surface area contributed by atoms with E-state index in [0.29, 0.717) is 19.4 Å². The number of hydrogen-bond acceptors (Lipinski definition) is 6. The van der Waals surface area contributed by atoms with E-state index < -0.39 is 8.48 Å². The van der Waals surface area contributed by atoms with Crippen molar-refractivity contribution in [1.82, 2.24) is 14.7 Å². The largest absolute Gasteiger partial charge is 0.462 e. The van der Waals surface area contributed by atoms with Crippen LogP contribution < -0.4 is 0 Å². The molecule has 1 aliphatic rings. The summed E-state index contributed by atoms with van der Waals surface area (Å²) in [5.74, 6) is 2.33. The van der Waals surface area contributed by atoms with Crippen molar-refractivity contribution in [2.75, 3.05) is 0 Å². The normalized spacial score (nSPS) is 21.0. The van der Waals surface area contributed by atoms with Crippen LogP contribution in [0.5, 0.6) is 0 Å². The van der Waals surface area contributed by atoms with Gasteiger partial charge in [0.25, 0.3) is 0 Å². The highest BCUT2D eigenvalue weighted by Crippen LogP contribution is 2.30. The van der Waals surface area contributed by atoms with Crippen LogP contribution in [0.4, 0.5) is 0 Å². The summed E-state index contributed by atoms with van der Waals surface area (Å²) in [6.07, 6.45) is 7.01. The highest BCUT2D eigenvalue weighted by atomic mass is 28.4. The first-order chi connectivity index (χ1) is 15.8. The third-order valence-corrected chi connectivity index (χ3v) is 8.09. The van der Waals surface area contributed by atoms with Crippen molar-refractivity contribution in [3.05, 3.63) is 59.7 Å². The first kappa shape index (κ1) is 23.2. The van der Waals surface area contributed by atoms with Gasteiger partial charge in [-0.1, -0.05) is 35.4 Å². The Bertz CT molecular complexity index is 1150. The van der Waals surface area contributed by atoms with Crippen LogP contribution in [0.15, 0.2) is 48.5 Å². The molecule has 4 rings (SSSR count). The molecule has 3 aromatic rings. The van der Waals surface area contributed by atoms with Crippen molar-refractivity contribution in [1.29, 1.82) is 0 Å². The summed E-state index contributed by atoms with van der Waals surface area (Å²) in [6.45, 7) is 6.11. The molecule has 8 heteroatoms. The zero-order valence-corrected chi connectivity index (χ0v) is 20.2. The number of carbonyl (C=O) groups is 1. The molecule has 0 bridgehead atoms. The molecule has 0 saturated heterocycles. The van der Waals surface area contributed by atoms with Gasteiger partial charge in [0.05, 0.1) is 24.3 Å². The first-order valence-electron chi connectivity index (χ1n) is 11.2. The SMILES string of the molecule is C#Cc1ccc(CO[C@H]2C[C@H](OC(C)=O)C[C@@H](O[Si](C)(C)n3nnc4ccccc43)C2)cc1. The Morgan fingerprint density at radius 1 is 1.09 bits per heavy atom. The maximum Gasteiger partial charge on any atom is 0.319 e. The second kappa shape index (κ2) is 9.87. The van der Waals surface area contributed by atoms with Crippen LogP contribution >= 0.6 is 0 Å². The molecule has 2 aromatic carbocycles. The summed E-state index contributed by atoms with van der Waals surface area (Å²) in [5, 5.41) is 8.67. The van der Waals surface area contributed by atoms with E-state index in [1.807, 2.05) is 52.9 Å². The van der Waals surface area contributed by atoms with E-state index in [0.717, 1.165) is 28.6 Å². The maximum absolute atomic E-state index is 11.6. The minimum Gasteiger partial charge on any atom is -0.462 e. The van der Waals surface area contributed by atoms with Gasteiger partial charge in [-0.3, -0.25) is 4.79 Å². The number of aromatic nitrogens is 3. The molecule has 172 valence electrons. The maximum atomic E-state index is 11.6. The van der Waals surface area contributed by atoms with Crippen LogP contribution in [0, 0.1) is 12.3 Å². The Hall–Kier alpha value is -2.99. The van der Waals surface area contributed by atoms with Gasteiger partial charge in [-0.15, -0.1) is 11.5 Å². The molecular formula is C25H29N3O4Si. The number of hydrogen-bond donors (Lipinski definition) is 0. The average molecular weight is 464 g/mol. The highest BCUT2D eigenvalue weighted by molar-refractivity contribution is 6.70. The Balaban J connectivity index is 1.46. The van der Waals surface area contributed by atoms with Gasteiger partial charge in [0.1, 0.15) is 11.6 Å². The Morgan fingerprint density at radius 3 is 2.52 bits per heavy atom. The van der Waals surface area contributed by atoms with Crippen LogP contribution in [0.2, 0.25) is 13.1 Å². The van der Waals surface area contributed by atoms with Gasteiger partial charge >= 0.3 is 14.4 Å². The standard InChI is InChI=1S/C25H29N3O4Si/c1-5-19-10-12-20(13-11-19)17-30-21-14-22(31-18(2)29)16-23(15-21)32-33(3,4)28-25-9-7-6-8-24(25)26-27-28/h1,6-13,21-23H,14-17H2,2-4H3/t21-,22-,23-/m0/s1. The smallest absolute Gasteiger partial charge is 0.319 e. The van der Waals surface area contributed by atoms with Crippen molar-refractivity contribution >= 4 is 25.5 Å². The molecule has 0 unspecified atom stereocenters. The summed E-state index contributed by atoms with van der Waals surface area (Å²) in [5.41, 5.74) is 3.70. The zero-order valence-electron chi connectivity index (χ0n) is 19.2. The van der Waals surface area contributed by atoms with Gasteiger partial charge < -0.3 is 13.9 Å². The Labute approximate surface area is 195 Å². The fourth-order valence-corrected chi connectivity index (χ4v) is 6.50. The molecule has 0 amide bonds. The molecule has 0 aliphatic heterocycles. The lowest BCUT2D eigenvalue weighted by atomic mass is 9.92. The van der Waals surface area contributed by atoms with Crippen LogP contribution in [0.25, 0.3) is 11.0 Å². The fraction of sp³-hybridized carbons (Fsp3) is 0.400. The molecule has 7 nitrogen and oxygen atoms in total. The van der Waals surface area contributed by atoms with E-state index in [2.05, 4.69) is 29.3 Å². The van der Waals surface area contributed by atoms with E-state index in [-0.39, 0.29) is 24.3 Å². The van der Waals surface area contributed by atoms with Crippen LogP contribution in [0.1, 0.15) is 37.3 Å². The molecule has 0 N–H and O–H groups in total. The molecule has 0 radical (unpaired) electrons. The minimum absolute atomic E-state index is 0.0855. The van der Waals surface area contributed by atoms with Gasteiger partial charge in [-0.25, -0.2) is 4.35 Å². The fourth-order valence-electron chi connectivity index (χ4n) is 4.37. The van der Waals surface area contributed by atoms with Gasteiger partial charge in [-0.2, -0.15) is 0 Å². The predicted octanol–water partition coefficient (Wildman–Crippen LogP) is 4.05. The number of esters is 1. The summed E-state index contributed by atoms with van der Waals surface area (Å²) in [6, 6.07) is 15.6. The van der Waals surface area contributed by atoms with Gasteiger partial charge in [0.15, 0.2) is 0 Å². The number of rotatable bonds is 7. The Kier molecular flexibility index (Phi) is 6.93. The van der Waals surface area contributed by atoms with Gasteiger partial charge in [0.2, 0.25) is 0 Å². The second-order valence-corrected chi connectivity index (χ2v) is 12.4. The molecular weight excluding hydrogens is 434 g/mol. The molecule has 1 fully saturated rings. The molecule has 3 atom stereocenters. The third kappa shape index (κ3) is 5.68. The summed E-state index contributed by atoms with van der Waals surface area (Å²) >= 11 is 0. The minimum atomic E-state index is -2.45. The number of ether oxygens (including phenoxy) is 2. The van der Waals surface area contributed by atoms with Crippen molar-refractivity contribution in [3.63, 3.8) is 0 Å². The number of para-hydroxylation sites is 1. The number of carbonyl (C=O) groups excluding carboxylic acids is 1. The van der Waals surface area contributed by atoms with Crippen LogP contribution in [0.3, 0.4) is 0 Å². The van der Waals surface area contributed by atoms with Gasteiger partial charge in [-0.05, 0) is 49.3 Å².